The fraction of sp³-hybridized carbons (Fsp3) is 0.0800. The Labute approximate surface area is 180 Å². The molecular weight excluding hydrogens is 384 g/mol. The van der Waals surface area contributed by atoms with E-state index in [1.165, 1.54) is 5.39 Å². The van der Waals surface area contributed by atoms with Crippen LogP contribution in [0.25, 0.3) is 21.7 Å². The van der Waals surface area contributed by atoms with Crippen LogP contribution in [0.2, 0.25) is 0 Å². The van der Waals surface area contributed by atoms with Gasteiger partial charge in [0.15, 0.2) is 11.6 Å². The average Bonchev–Trinajstić information content (AvgIpc) is 2.82. The molecule has 152 valence electrons. The van der Waals surface area contributed by atoms with Gasteiger partial charge in [-0.15, -0.1) is 0 Å². The molecule has 0 fully saturated rings. The third kappa shape index (κ3) is 3.38. The normalized spacial score (nSPS) is 11.0. The quantitative estimate of drug-likeness (QED) is 0.392. The Bertz CT molecular complexity index is 1370. The number of pyridine rings is 1. The number of nitrogen functional groups attached to an aromatic ring is 1. The number of fused-ring (bicyclic) bond motifs is 2. The molecule has 2 aromatic heterocycles. The number of hydrogen-bond acceptors (Lipinski definition) is 6. The molecule has 0 spiro atoms. The molecule has 0 amide bonds. The Morgan fingerprint density at radius 2 is 1.61 bits per heavy atom. The first-order valence-electron chi connectivity index (χ1n) is 10.2. The molecule has 5 rings (SSSR count). The van der Waals surface area contributed by atoms with Crippen molar-refractivity contribution in [2.75, 3.05) is 22.5 Å². The summed E-state index contributed by atoms with van der Waals surface area (Å²) in [6.07, 6.45) is 3.32. The lowest BCUT2D eigenvalue weighted by Crippen LogP contribution is -2.20. The summed E-state index contributed by atoms with van der Waals surface area (Å²) in [7, 11) is 0. The summed E-state index contributed by atoms with van der Waals surface area (Å²) in [4.78, 5) is 15.6. The van der Waals surface area contributed by atoms with Crippen molar-refractivity contribution in [3.05, 3.63) is 85.3 Å². The van der Waals surface area contributed by atoms with Crippen LogP contribution in [0.1, 0.15) is 6.92 Å². The molecule has 3 N–H and O–H groups in total. The molecular formula is C25H22N6. The fourth-order valence-electron chi connectivity index (χ4n) is 3.91. The van der Waals surface area contributed by atoms with Gasteiger partial charge in [-0.05, 0) is 30.5 Å². The Kier molecular flexibility index (Phi) is 4.80. The fourth-order valence-corrected chi connectivity index (χ4v) is 3.91. The molecule has 0 aliphatic heterocycles. The lowest BCUT2D eigenvalue weighted by molar-refractivity contribution is 0.985. The smallest absolute Gasteiger partial charge is 0.161 e. The predicted molar refractivity (Wildman–Crippen MR) is 128 cm³/mol. The zero-order chi connectivity index (χ0) is 21.2. The Morgan fingerprint density at radius 3 is 2.52 bits per heavy atom. The zero-order valence-electron chi connectivity index (χ0n) is 17.2. The monoisotopic (exact) mass is 406 g/mol. The first-order valence-corrected chi connectivity index (χ1v) is 10.2. The maximum absolute atomic E-state index is 6.58. The summed E-state index contributed by atoms with van der Waals surface area (Å²) in [6, 6.07) is 24.5. The largest absolute Gasteiger partial charge is 0.393 e. The van der Waals surface area contributed by atoms with Gasteiger partial charge in [-0.25, -0.2) is 9.97 Å². The molecule has 0 aliphatic carbocycles. The van der Waals surface area contributed by atoms with E-state index in [9.17, 15) is 0 Å². The van der Waals surface area contributed by atoms with Crippen molar-refractivity contribution >= 4 is 50.4 Å². The Balaban J connectivity index is 1.58. The second kappa shape index (κ2) is 7.91. The van der Waals surface area contributed by atoms with Crippen molar-refractivity contribution < 1.29 is 0 Å². The summed E-state index contributed by atoms with van der Waals surface area (Å²) in [5, 5.41) is 6.73. The number of nitrogens with one attached hydrogen (secondary N) is 1. The molecule has 0 aliphatic rings. The van der Waals surface area contributed by atoms with Crippen molar-refractivity contribution in [1.29, 1.82) is 0 Å². The topological polar surface area (TPSA) is 80.0 Å². The highest BCUT2D eigenvalue weighted by Crippen LogP contribution is 2.36. The minimum Gasteiger partial charge on any atom is -0.393 e. The summed E-state index contributed by atoms with van der Waals surface area (Å²) in [5.41, 5.74) is 9.85. The molecule has 0 atom stereocenters. The van der Waals surface area contributed by atoms with Crippen molar-refractivity contribution in [3.8, 4) is 0 Å². The van der Waals surface area contributed by atoms with Gasteiger partial charge in [0.2, 0.25) is 0 Å². The number of nitrogens with two attached hydrogens (primary N) is 1. The number of anilines is 5. The summed E-state index contributed by atoms with van der Waals surface area (Å²) < 4.78 is 0. The molecule has 0 radical (unpaired) electrons. The van der Waals surface area contributed by atoms with Crippen molar-refractivity contribution in [2.45, 2.75) is 6.92 Å². The second-order valence-electron chi connectivity index (χ2n) is 7.21. The van der Waals surface area contributed by atoms with Gasteiger partial charge in [0.05, 0.1) is 16.9 Å². The summed E-state index contributed by atoms with van der Waals surface area (Å²) >= 11 is 0. The van der Waals surface area contributed by atoms with E-state index >= 15 is 0 Å². The standard InChI is InChI=1S/C25H22N6/c1-2-31(21-14-6-9-17-8-3-4-12-19(17)21)25-22(26)24(28-16-29-25)30-20-13-5-10-18-11-7-15-27-23(18)20/h3-16H,2,26H2,1H3,(H,28,29,30). The maximum Gasteiger partial charge on any atom is 0.161 e. The third-order valence-electron chi connectivity index (χ3n) is 5.38. The minimum absolute atomic E-state index is 0.491. The van der Waals surface area contributed by atoms with E-state index in [1.807, 2.05) is 42.5 Å². The molecule has 0 saturated heterocycles. The first kappa shape index (κ1) is 18.8. The molecule has 6 nitrogen and oxygen atoms in total. The van der Waals surface area contributed by atoms with Crippen LogP contribution in [0, 0.1) is 0 Å². The number of para-hydroxylation sites is 1. The molecule has 6 heteroatoms. The molecule has 0 bridgehead atoms. The number of benzene rings is 3. The molecule has 5 aromatic rings. The van der Waals surface area contributed by atoms with Crippen molar-refractivity contribution in [2.24, 2.45) is 0 Å². The molecule has 0 saturated carbocycles. The van der Waals surface area contributed by atoms with E-state index in [0.717, 1.165) is 27.7 Å². The Hall–Kier alpha value is -4.19. The van der Waals surface area contributed by atoms with Gasteiger partial charge in [-0.2, -0.15) is 0 Å². The number of hydrogen-bond donors (Lipinski definition) is 2. The molecule has 2 heterocycles. The molecule has 3 aromatic carbocycles. The van der Waals surface area contributed by atoms with Gasteiger partial charge >= 0.3 is 0 Å². The number of nitrogens with zero attached hydrogens (tertiary/aromatic N) is 4. The van der Waals surface area contributed by atoms with E-state index < -0.39 is 0 Å². The van der Waals surface area contributed by atoms with Crippen molar-refractivity contribution in [3.63, 3.8) is 0 Å². The molecule has 0 unspecified atom stereocenters. The summed E-state index contributed by atoms with van der Waals surface area (Å²) in [5.74, 6) is 1.23. The predicted octanol–water partition coefficient (Wildman–Crippen LogP) is 5.66. The second-order valence-corrected chi connectivity index (χ2v) is 7.21. The molecule has 31 heavy (non-hydrogen) atoms. The van der Waals surface area contributed by atoms with Crippen LogP contribution in [-0.4, -0.2) is 21.5 Å². The lowest BCUT2D eigenvalue weighted by atomic mass is 10.1. The van der Waals surface area contributed by atoms with E-state index in [0.29, 0.717) is 23.9 Å². The first-order chi connectivity index (χ1) is 15.3. The highest BCUT2D eigenvalue weighted by Gasteiger charge is 2.18. The van der Waals surface area contributed by atoms with E-state index in [4.69, 9.17) is 5.73 Å². The van der Waals surface area contributed by atoms with Crippen LogP contribution in [-0.2, 0) is 0 Å². The highest BCUT2D eigenvalue weighted by atomic mass is 15.2. The van der Waals surface area contributed by atoms with Gasteiger partial charge in [-0.3, -0.25) is 4.98 Å². The van der Waals surface area contributed by atoms with Crippen LogP contribution in [0.3, 0.4) is 0 Å². The van der Waals surface area contributed by atoms with Crippen LogP contribution >= 0.6 is 0 Å². The van der Waals surface area contributed by atoms with Crippen LogP contribution < -0.4 is 16.0 Å². The van der Waals surface area contributed by atoms with E-state index in [1.54, 1.807) is 12.5 Å². The van der Waals surface area contributed by atoms with Crippen LogP contribution in [0.5, 0.6) is 0 Å². The van der Waals surface area contributed by atoms with Crippen molar-refractivity contribution in [1.82, 2.24) is 15.0 Å². The van der Waals surface area contributed by atoms with Gasteiger partial charge in [0, 0.05) is 23.5 Å². The lowest BCUT2D eigenvalue weighted by Gasteiger charge is -2.25. The SMILES string of the molecule is CCN(c1ncnc(Nc2cccc3cccnc23)c1N)c1cccc2ccccc12. The minimum atomic E-state index is 0.491. The summed E-state index contributed by atoms with van der Waals surface area (Å²) in [6.45, 7) is 2.80. The maximum atomic E-state index is 6.58. The van der Waals surface area contributed by atoms with E-state index in [2.05, 4.69) is 62.4 Å². The third-order valence-corrected chi connectivity index (χ3v) is 5.38. The number of aromatic nitrogens is 3. The highest BCUT2D eigenvalue weighted by molar-refractivity contribution is 5.98. The van der Waals surface area contributed by atoms with Gasteiger partial charge in [-0.1, -0.05) is 54.6 Å². The van der Waals surface area contributed by atoms with E-state index in [-0.39, 0.29) is 0 Å². The number of rotatable bonds is 5. The Morgan fingerprint density at radius 1 is 0.839 bits per heavy atom. The van der Waals surface area contributed by atoms with Gasteiger partial charge in [0.1, 0.15) is 12.0 Å². The zero-order valence-corrected chi connectivity index (χ0v) is 17.2. The van der Waals surface area contributed by atoms with Crippen LogP contribution in [0.4, 0.5) is 28.7 Å². The van der Waals surface area contributed by atoms with Crippen LogP contribution in [0.15, 0.2) is 85.3 Å². The average molecular weight is 406 g/mol. The van der Waals surface area contributed by atoms with Gasteiger partial charge in [0.25, 0.3) is 0 Å². The van der Waals surface area contributed by atoms with Gasteiger partial charge < -0.3 is 16.0 Å².